The lowest BCUT2D eigenvalue weighted by Crippen LogP contribution is -2.54. The molecule has 0 bridgehead atoms. The molecule has 0 aliphatic rings. The van der Waals surface area contributed by atoms with E-state index in [2.05, 4.69) is 10.4 Å². The Bertz CT molecular complexity index is 339. The molecule has 1 rings (SSSR count). The van der Waals surface area contributed by atoms with E-state index in [0.29, 0.717) is 6.54 Å². The van der Waals surface area contributed by atoms with Gasteiger partial charge in [0, 0.05) is 13.1 Å². The fourth-order valence-corrected chi connectivity index (χ4v) is 1.61. The number of nitrogens with one attached hydrogen (secondary N) is 1. The summed E-state index contributed by atoms with van der Waals surface area (Å²) in [5.41, 5.74) is 0.840. The Kier molecular flexibility index (Phi) is 5.07. The van der Waals surface area contributed by atoms with Crippen molar-refractivity contribution in [1.29, 1.82) is 0 Å². The van der Waals surface area contributed by atoms with E-state index >= 15 is 0 Å². The molecule has 6 nitrogen and oxygen atoms in total. The van der Waals surface area contributed by atoms with Gasteiger partial charge in [-0.1, -0.05) is 0 Å². The first-order chi connectivity index (χ1) is 8.10. The summed E-state index contributed by atoms with van der Waals surface area (Å²) in [6.45, 7) is 4.14. The fourth-order valence-electron chi connectivity index (χ4n) is 1.61. The summed E-state index contributed by atoms with van der Waals surface area (Å²) >= 11 is 0. The van der Waals surface area contributed by atoms with Crippen molar-refractivity contribution in [2.45, 2.75) is 32.5 Å². The largest absolute Gasteiger partial charge is 0.394 e. The molecule has 0 radical (unpaired) electrons. The van der Waals surface area contributed by atoms with Crippen LogP contribution < -0.4 is 5.32 Å². The van der Waals surface area contributed by atoms with Crippen LogP contribution in [0.15, 0.2) is 6.07 Å². The van der Waals surface area contributed by atoms with Crippen LogP contribution in [0.1, 0.15) is 18.3 Å². The van der Waals surface area contributed by atoms with Gasteiger partial charge in [-0.05, 0) is 19.9 Å². The van der Waals surface area contributed by atoms with Crippen molar-refractivity contribution in [1.82, 2.24) is 15.1 Å². The molecule has 0 amide bonds. The monoisotopic (exact) mass is 243 g/mol. The maximum absolute atomic E-state index is 9.18. The van der Waals surface area contributed by atoms with E-state index in [0.717, 1.165) is 17.9 Å². The second-order valence-corrected chi connectivity index (χ2v) is 4.20. The molecule has 0 aliphatic heterocycles. The van der Waals surface area contributed by atoms with Crippen LogP contribution in [0.2, 0.25) is 0 Å². The van der Waals surface area contributed by atoms with Gasteiger partial charge in [0.1, 0.15) is 0 Å². The molecule has 1 heterocycles. The summed E-state index contributed by atoms with van der Waals surface area (Å²) in [6, 6.07) is 1.94. The van der Waals surface area contributed by atoms with Gasteiger partial charge in [-0.15, -0.1) is 0 Å². The molecule has 0 saturated carbocycles. The summed E-state index contributed by atoms with van der Waals surface area (Å²) in [5.74, 6) is 0. The molecular weight excluding hydrogens is 222 g/mol. The molecule has 0 atom stereocenters. The van der Waals surface area contributed by atoms with E-state index in [1.807, 2.05) is 24.6 Å². The minimum atomic E-state index is -1.04. The zero-order valence-corrected chi connectivity index (χ0v) is 10.3. The van der Waals surface area contributed by atoms with Gasteiger partial charge >= 0.3 is 0 Å². The number of aliphatic hydroxyl groups is 3. The summed E-state index contributed by atoms with van der Waals surface area (Å²) in [7, 11) is 0. The van der Waals surface area contributed by atoms with E-state index in [1.165, 1.54) is 0 Å². The Labute approximate surface area is 101 Å². The zero-order valence-electron chi connectivity index (χ0n) is 10.3. The molecule has 0 unspecified atom stereocenters. The number of nitrogens with zero attached hydrogens (tertiary/aromatic N) is 2. The normalized spacial score (nSPS) is 12.1. The second-order valence-electron chi connectivity index (χ2n) is 4.20. The average Bonchev–Trinajstić information content (AvgIpc) is 2.72. The van der Waals surface area contributed by atoms with E-state index < -0.39 is 5.54 Å². The number of aliphatic hydroxyl groups excluding tert-OH is 3. The maximum Gasteiger partial charge on any atom is 0.0884 e. The van der Waals surface area contributed by atoms with Crippen LogP contribution >= 0.6 is 0 Å². The van der Waals surface area contributed by atoms with E-state index in [9.17, 15) is 15.3 Å². The van der Waals surface area contributed by atoms with Crippen molar-refractivity contribution in [3.05, 3.63) is 17.5 Å². The molecule has 4 N–H and O–H groups in total. The smallest absolute Gasteiger partial charge is 0.0884 e. The summed E-state index contributed by atoms with van der Waals surface area (Å²) in [6.07, 6.45) is 0. The molecule has 17 heavy (non-hydrogen) atoms. The molecule has 0 saturated heterocycles. The predicted octanol–water partition coefficient (Wildman–Crippen LogP) is -0.983. The van der Waals surface area contributed by atoms with Crippen LogP contribution in [0.3, 0.4) is 0 Å². The summed E-state index contributed by atoms with van der Waals surface area (Å²) in [4.78, 5) is 0. The Balaban J connectivity index is 2.71. The SMILES string of the molecule is CCn1nc(C)cc1CNC(CO)(CO)CO. The Morgan fingerprint density at radius 1 is 1.29 bits per heavy atom. The molecule has 0 aromatic carbocycles. The third-order valence-corrected chi connectivity index (χ3v) is 2.84. The molecule has 98 valence electrons. The van der Waals surface area contributed by atoms with Gasteiger partial charge < -0.3 is 15.3 Å². The van der Waals surface area contributed by atoms with Gasteiger partial charge in [0.05, 0.1) is 36.7 Å². The molecule has 1 aromatic rings. The lowest BCUT2D eigenvalue weighted by atomic mass is 10.0. The number of hydrogen-bond donors (Lipinski definition) is 4. The number of rotatable bonds is 7. The first kappa shape index (κ1) is 14.1. The van der Waals surface area contributed by atoms with Crippen LogP contribution in [0.5, 0.6) is 0 Å². The number of aromatic nitrogens is 2. The highest BCUT2D eigenvalue weighted by molar-refractivity contribution is 5.09. The van der Waals surface area contributed by atoms with Crippen LogP contribution in [-0.4, -0.2) is 50.5 Å². The third kappa shape index (κ3) is 3.26. The first-order valence-electron chi connectivity index (χ1n) is 5.71. The van der Waals surface area contributed by atoms with Gasteiger partial charge in [-0.25, -0.2) is 0 Å². The van der Waals surface area contributed by atoms with Crippen molar-refractivity contribution in [3.63, 3.8) is 0 Å². The van der Waals surface area contributed by atoms with Crippen molar-refractivity contribution >= 4 is 0 Å². The molecule has 1 aromatic heterocycles. The quantitative estimate of drug-likeness (QED) is 0.494. The predicted molar refractivity (Wildman–Crippen MR) is 63.5 cm³/mol. The molecule has 0 aliphatic carbocycles. The Morgan fingerprint density at radius 3 is 2.35 bits per heavy atom. The summed E-state index contributed by atoms with van der Waals surface area (Å²) < 4.78 is 1.85. The van der Waals surface area contributed by atoms with Gasteiger partial charge in [-0.2, -0.15) is 5.10 Å². The van der Waals surface area contributed by atoms with Crippen molar-refractivity contribution in [3.8, 4) is 0 Å². The first-order valence-corrected chi connectivity index (χ1v) is 5.71. The van der Waals surface area contributed by atoms with E-state index in [-0.39, 0.29) is 19.8 Å². The van der Waals surface area contributed by atoms with E-state index in [1.54, 1.807) is 0 Å². The van der Waals surface area contributed by atoms with Crippen LogP contribution in [0, 0.1) is 6.92 Å². The minimum absolute atomic E-state index is 0.320. The van der Waals surface area contributed by atoms with Crippen molar-refractivity contribution < 1.29 is 15.3 Å². The average molecular weight is 243 g/mol. The fraction of sp³-hybridized carbons (Fsp3) is 0.727. The molecule has 0 spiro atoms. The van der Waals surface area contributed by atoms with Crippen molar-refractivity contribution in [2.75, 3.05) is 19.8 Å². The highest BCUT2D eigenvalue weighted by Gasteiger charge is 2.27. The Morgan fingerprint density at radius 2 is 1.88 bits per heavy atom. The van der Waals surface area contributed by atoms with Crippen LogP contribution in [0.4, 0.5) is 0 Å². The zero-order chi connectivity index (χ0) is 12.9. The lowest BCUT2D eigenvalue weighted by Gasteiger charge is -2.28. The standard InChI is InChI=1S/C11H21N3O3/c1-3-14-10(4-9(2)13-14)5-12-11(6-15,7-16)8-17/h4,12,15-17H,3,5-8H2,1-2H3. The molecule has 6 heteroatoms. The minimum Gasteiger partial charge on any atom is -0.394 e. The molecular formula is C11H21N3O3. The van der Waals surface area contributed by atoms with Gasteiger partial charge in [0.15, 0.2) is 0 Å². The highest BCUT2D eigenvalue weighted by Crippen LogP contribution is 2.07. The van der Waals surface area contributed by atoms with Crippen LogP contribution in [-0.2, 0) is 13.1 Å². The third-order valence-electron chi connectivity index (χ3n) is 2.84. The highest BCUT2D eigenvalue weighted by atomic mass is 16.3. The number of hydrogen-bond acceptors (Lipinski definition) is 5. The number of aryl methyl sites for hydroxylation is 2. The van der Waals surface area contributed by atoms with Gasteiger partial charge in [0.25, 0.3) is 0 Å². The second kappa shape index (κ2) is 6.11. The van der Waals surface area contributed by atoms with E-state index in [4.69, 9.17) is 0 Å². The van der Waals surface area contributed by atoms with Crippen LogP contribution in [0.25, 0.3) is 0 Å². The molecule has 0 fully saturated rings. The topological polar surface area (TPSA) is 90.5 Å². The maximum atomic E-state index is 9.18. The van der Waals surface area contributed by atoms with Gasteiger partial charge in [0.2, 0.25) is 0 Å². The lowest BCUT2D eigenvalue weighted by molar-refractivity contribution is 0.0409. The van der Waals surface area contributed by atoms with Gasteiger partial charge in [-0.3, -0.25) is 10.00 Å². The Hall–Kier alpha value is -0.950. The van der Waals surface area contributed by atoms with Crippen molar-refractivity contribution in [2.24, 2.45) is 0 Å². The summed E-state index contributed by atoms with van der Waals surface area (Å²) in [5, 5.41) is 34.8.